The second-order valence-corrected chi connectivity index (χ2v) is 8.33. The molecule has 1 fully saturated rings. The van der Waals surface area contributed by atoms with Gasteiger partial charge in [0.15, 0.2) is 17.5 Å². The van der Waals surface area contributed by atoms with Gasteiger partial charge < -0.3 is 24.2 Å². The van der Waals surface area contributed by atoms with Crippen LogP contribution in [-0.4, -0.2) is 56.4 Å². The maximum atomic E-state index is 13.1. The summed E-state index contributed by atoms with van der Waals surface area (Å²) in [5, 5.41) is 0. The van der Waals surface area contributed by atoms with Crippen LogP contribution in [0.1, 0.15) is 25.0 Å². The summed E-state index contributed by atoms with van der Waals surface area (Å²) in [7, 11) is 0. The molecule has 6 heteroatoms. The zero-order valence-electron chi connectivity index (χ0n) is 18.0. The van der Waals surface area contributed by atoms with Gasteiger partial charge in [-0.25, -0.2) is 0 Å². The summed E-state index contributed by atoms with van der Waals surface area (Å²) in [6.07, 6.45) is 0. The van der Waals surface area contributed by atoms with E-state index in [0.29, 0.717) is 13.3 Å². The van der Waals surface area contributed by atoms with Crippen LogP contribution in [-0.2, 0) is 17.9 Å². The number of quaternary nitrogens is 2. The molecular weight excluding hydrogens is 378 g/mol. The van der Waals surface area contributed by atoms with Gasteiger partial charge in [0, 0.05) is 18.7 Å². The molecule has 1 atom stereocenters. The minimum Gasteiger partial charge on any atom is -0.454 e. The number of likely N-dealkylation sites (N-methyl/N-ethyl adjacent to an activating group) is 1. The summed E-state index contributed by atoms with van der Waals surface area (Å²) < 4.78 is 10.9. The maximum Gasteiger partial charge on any atom is 0.280 e. The van der Waals surface area contributed by atoms with Crippen molar-refractivity contribution < 1.29 is 24.1 Å². The number of fused-ring (bicyclic) bond motifs is 1. The molecule has 0 radical (unpaired) electrons. The zero-order valence-corrected chi connectivity index (χ0v) is 18.0. The van der Waals surface area contributed by atoms with Crippen LogP contribution >= 0.6 is 0 Å². The molecule has 2 heterocycles. The number of piperazine rings is 1. The van der Waals surface area contributed by atoms with Crippen molar-refractivity contribution in [1.82, 2.24) is 4.90 Å². The molecule has 0 saturated carbocycles. The Morgan fingerprint density at radius 3 is 2.47 bits per heavy atom. The summed E-state index contributed by atoms with van der Waals surface area (Å²) in [6, 6.07) is 16.5. The van der Waals surface area contributed by atoms with Crippen molar-refractivity contribution in [1.29, 1.82) is 0 Å². The first-order chi connectivity index (χ1) is 14.6. The topological polar surface area (TPSA) is 47.7 Å². The molecule has 2 aliphatic heterocycles. The fourth-order valence-electron chi connectivity index (χ4n) is 4.47. The first kappa shape index (κ1) is 20.7. The third-order valence-electron chi connectivity index (χ3n) is 6.38. The second-order valence-electron chi connectivity index (χ2n) is 8.33. The lowest BCUT2D eigenvalue weighted by molar-refractivity contribution is -1.02. The van der Waals surface area contributed by atoms with Crippen LogP contribution in [0.3, 0.4) is 0 Å². The summed E-state index contributed by atoms with van der Waals surface area (Å²) in [4.78, 5) is 18.1. The normalized spacial score (nSPS) is 21.3. The minimum absolute atomic E-state index is 0.000700. The molecule has 2 aliphatic rings. The first-order valence-corrected chi connectivity index (χ1v) is 11.0. The number of hydrogen-bond donors (Lipinski definition) is 2. The molecule has 0 aliphatic carbocycles. The van der Waals surface area contributed by atoms with Gasteiger partial charge in [0.25, 0.3) is 5.91 Å². The van der Waals surface area contributed by atoms with Gasteiger partial charge in [-0.3, -0.25) is 4.79 Å². The third-order valence-corrected chi connectivity index (χ3v) is 6.38. The van der Waals surface area contributed by atoms with Crippen molar-refractivity contribution >= 4 is 5.91 Å². The lowest BCUT2D eigenvalue weighted by Crippen LogP contribution is -3.29. The Labute approximate surface area is 179 Å². The number of carbonyl (C=O) groups is 1. The SMILES string of the molecule is CCN(Cc1ccccc1)C(=O)[C@H](C)[NH+]1CC[NH+](Cc2ccc3c(c2)OCO3)CC1. The largest absolute Gasteiger partial charge is 0.454 e. The summed E-state index contributed by atoms with van der Waals surface area (Å²) in [6.45, 7) is 11.1. The number of ether oxygens (including phenoxy) is 2. The van der Waals surface area contributed by atoms with Crippen LogP contribution in [0.4, 0.5) is 0 Å². The fraction of sp³-hybridized carbons (Fsp3) is 0.458. The van der Waals surface area contributed by atoms with Crippen LogP contribution in [0.25, 0.3) is 0 Å². The fourth-order valence-corrected chi connectivity index (χ4v) is 4.47. The highest BCUT2D eigenvalue weighted by Gasteiger charge is 2.33. The molecule has 2 N–H and O–H groups in total. The standard InChI is InChI=1S/C24H31N3O3/c1-3-26(17-20-7-5-4-6-8-20)24(28)19(2)27-13-11-25(12-14-27)16-21-9-10-22-23(15-21)30-18-29-22/h4-10,15,19H,3,11-14,16-18H2,1-2H3/p+2/t19-/m0/s1. The molecule has 2 aromatic carbocycles. The molecule has 1 amide bonds. The first-order valence-electron chi connectivity index (χ1n) is 11.0. The Morgan fingerprint density at radius 2 is 1.73 bits per heavy atom. The van der Waals surface area contributed by atoms with E-state index >= 15 is 0 Å². The van der Waals surface area contributed by atoms with E-state index in [1.807, 2.05) is 29.2 Å². The summed E-state index contributed by atoms with van der Waals surface area (Å²) in [5.74, 6) is 1.95. The lowest BCUT2D eigenvalue weighted by Gasteiger charge is -2.34. The predicted octanol–water partition coefficient (Wildman–Crippen LogP) is 0.136. The Bertz CT molecular complexity index is 850. The van der Waals surface area contributed by atoms with E-state index in [1.54, 1.807) is 4.90 Å². The van der Waals surface area contributed by atoms with Gasteiger partial charge in [-0.05, 0) is 37.6 Å². The van der Waals surface area contributed by atoms with Crippen molar-refractivity contribution in [3.05, 3.63) is 59.7 Å². The van der Waals surface area contributed by atoms with Gasteiger partial charge >= 0.3 is 0 Å². The van der Waals surface area contributed by atoms with Gasteiger partial charge in [-0.15, -0.1) is 0 Å². The smallest absolute Gasteiger partial charge is 0.280 e. The number of hydrogen-bond acceptors (Lipinski definition) is 3. The number of amides is 1. The van der Waals surface area contributed by atoms with Crippen molar-refractivity contribution in [3.8, 4) is 11.5 Å². The average Bonchev–Trinajstić information content (AvgIpc) is 3.26. The monoisotopic (exact) mass is 411 g/mol. The number of nitrogens with one attached hydrogen (secondary N) is 2. The van der Waals surface area contributed by atoms with E-state index in [-0.39, 0.29) is 11.9 Å². The van der Waals surface area contributed by atoms with Gasteiger partial charge in [0.2, 0.25) is 6.79 Å². The maximum absolute atomic E-state index is 13.1. The number of rotatable bonds is 7. The van der Waals surface area contributed by atoms with Crippen molar-refractivity contribution in [3.63, 3.8) is 0 Å². The number of carbonyl (C=O) groups excluding carboxylic acids is 1. The highest BCUT2D eigenvalue weighted by Crippen LogP contribution is 2.32. The third kappa shape index (κ3) is 4.77. The van der Waals surface area contributed by atoms with Crippen LogP contribution < -0.4 is 19.3 Å². The second kappa shape index (κ2) is 9.49. The summed E-state index contributed by atoms with van der Waals surface area (Å²) >= 11 is 0. The highest BCUT2D eigenvalue weighted by atomic mass is 16.7. The van der Waals surface area contributed by atoms with Crippen LogP contribution in [0.15, 0.2) is 48.5 Å². The molecule has 160 valence electrons. The molecule has 4 rings (SSSR count). The van der Waals surface area contributed by atoms with Crippen LogP contribution in [0, 0.1) is 0 Å². The Kier molecular flexibility index (Phi) is 6.55. The Morgan fingerprint density at radius 1 is 1.00 bits per heavy atom. The van der Waals surface area contributed by atoms with Crippen LogP contribution in [0.5, 0.6) is 11.5 Å². The van der Waals surface area contributed by atoms with E-state index in [4.69, 9.17) is 9.47 Å². The predicted molar refractivity (Wildman–Crippen MR) is 115 cm³/mol. The van der Waals surface area contributed by atoms with Crippen molar-refractivity contribution in [2.24, 2.45) is 0 Å². The molecule has 1 saturated heterocycles. The Hall–Kier alpha value is -2.57. The number of benzene rings is 2. The molecule has 6 nitrogen and oxygen atoms in total. The molecule has 2 aromatic rings. The molecule has 0 unspecified atom stereocenters. The van der Waals surface area contributed by atoms with Gasteiger partial charge in [0.05, 0.1) is 0 Å². The summed E-state index contributed by atoms with van der Waals surface area (Å²) in [5.41, 5.74) is 2.47. The van der Waals surface area contributed by atoms with E-state index in [1.165, 1.54) is 16.0 Å². The van der Waals surface area contributed by atoms with Crippen LogP contribution in [0.2, 0.25) is 0 Å². The molecule has 0 aromatic heterocycles. The Balaban J connectivity index is 1.29. The molecule has 30 heavy (non-hydrogen) atoms. The average molecular weight is 412 g/mol. The highest BCUT2D eigenvalue weighted by molar-refractivity contribution is 5.80. The lowest BCUT2D eigenvalue weighted by atomic mass is 10.1. The van der Waals surface area contributed by atoms with Gasteiger partial charge in [-0.1, -0.05) is 30.3 Å². The quantitative estimate of drug-likeness (QED) is 0.681. The van der Waals surface area contributed by atoms with Crippen molar-refractivity contribution in [2.45, 2.75) is 33.0 Å². The number of nitrogens with zero attached hydrogens (tertiary/aromatic N) is 1. The van der Waals surface area contributed by atoms with Gasteiger partial charge in [-0.2, -0.15) is 0 Å². The van der Waals surface area contributed by atoms with E-state index in [9.17, 15) is 4.79 Å². The van der Waals surface area contributed by atoms with E-state index in [0.717, 1.165) is 50.8 Å². The van der Waals surface area contributed by atoms with Crippen molar-refractivity contribution in [2.75, 3.05) is 39.5 Å². The molecule has 0 bridgehead atoms. The molecular formula is C24H33N3O3+2. The van der Waals surface area contributed by atoms with E-state index < -0.39 is 0 Å². The zero-order chi connectivity index (χ0) is 20.9. The van der Waals surface area contributed by atoms with E-state index in [2.05, 4.69) is 38.1 Å². The minimum atomic E-state index is 0.000700. The van der Waals surface area contributed by atoms with Gasteiger partial charge in [0.1, 0.15) is 32.7 Å². The molecule has 0 spiro atoms.